The Morgan fingerprint density at radius 3 is 2.19 bits per heavy atom. The lowest BCUT2D eigenvalue weighted by molar-refractivity contribution is 0.545. The highest BCUT2D eigenvalue weighted by atomic mass is 16.2. The van der Waals surface area contributed by atoms with Crippen molar-refractivity contribution in [3.63, 3.8) is 0 Å². The Bertz CT molecular complexity index is 540. The Morgan fingerprint density at radius 1 is 1.06 bits per heavy atom. The number of nitrogens with zero attached hydrogens (tertiary/aromatic N) is 1. The maximum Gasteiger partial charge on any atom is 0.257 e. The van der Waals surface area contributed by atoms with Gasteiger partial charge < -0.3 is 4.98 Å². The van der Waals surface area contributed by atoms with Gasteiger partial charge in [-0.1, -0.05) is 12.1 Å². The minimum absolute atomic E-state index is 0.0532. The molecule has 5 nitrogen and oxygen atoms in total. The molecule has 82 valence electrons. The van der Waals surface area contributed by atoms with Crippen molar-refractivity contribution in [3.8, 4) is 0 Å². The molecule has 0 atom stereocenters. The van der Waals surface area contributed by atoms with E-state index in [0.717, 1.165) is 4.57 Å². The van der Waals surface area contributed by atoms with Gasteiger partial charge in [-0.25, -0.2) is 0 Å². The first-order chi connectivity index (χ1) is 7.74. The standard InChI is InChI=1S/C6H5NO2.C5H5NO/c8-5-7-4-2-1-3-6(7)9;7-5-3-1-2-4-6-5/h1-5H;1-4H,(H,6,7). The van der Waals surface area contributed by atoms with Crippen LogP contribution in [0.3, 0.4) is 0 Å². The lowest BCUT2D eigenvalue weighted by atomic mass is 10.5. The van der Waals surface area contributed by atoms with E-state index in [1.165, 1.54) is 18.3 Å². The van der Waals surface area contributed by atoms with Crippen LogP contribution in [0, 0.1) is 0 Å². The lowest BCUT2D eigenvalue weighted by Gasteiger charge is -1.87. The molecule has 2 heterocycles. The molecular weight excluding hydrogens is 208 g/mol. The van der Waals surface area contributed by atoms with E-state index in [0.29, 0.717) is 6.41 Å². The van der Waals surface area contributed by atoms with Gasteiger partial charge in [0.2, 0.25) is 12.0 Å². The summed E-state index contributed by atoms with van der Waals surface area (Å²) >= 11 is 0. The van der Waals surface area contributed by atoms with E-state index >= 15 is 0 Å². The molecule has 0 bridgehead atoms. The number of H-pyrrole nitrogens is 1. The molecular formula is C11H10N2O3. The second-order valence-corrected chi connectivity index (χ2v) is 2.78. The molecule has 16 heavy (non-hydrogen) atoms. The Morgan fingerprint density at radius 2 is 1.81 bits per heavy atom. The third-order valence-corrected chi connectivity index (χ3v) is 1.65. The Kier molecular flexibility index (Phi) is 4.46. The Labute approximate surface area is 91.0 Å². The SMILES string of the molecule is O=Cn1ccccc1=O.O=c1cccc[nH]1. The number of hydrogen-bond donors (Lipinski definition) is 1. The van der Waals surface area contributed by atoms with Crippen LogP contribution in [0.15, 0.2) is 58.4 Å². The summed E-state index contributed by atoms with van der Waals surface area (Å²) in [5.74, 6) is 0. The molecule has 0 spiro atoms. The molecule has 0 radical (unpaired) electrons. The van der Waals surface area contributed by atoms with Gasteiger partial charge >= 0.3 is 0 Å². The van der Waals surface area contributed by atoms with E-state index in [9.17, 15) is 14.4 Å². The van der Waals surface area contributed by atoms with Gasteiger partial charge in [-0.2, -0.15) is 0 Å². The van der Waals surface area contributed by atoms with Crippen LogP contribution in [0.25, 0.3) is 0 Å². The molecule has 0 unspecified atom stereocenters. The number of rotatable bonds is 1. The maximum absolute atomic E-state index is 10.6. The topological polar surface area (TPSA) is 71.9 Å². The van der Waals surface area contributed by atoms with Crippen LogP contribution in [0.4, 0.5) is 0 Å². The van der Waals surface area contributed by atoms with E-state index in [4.69, 9.17) is 0 Å². The van der Waals surface area contributed by atoms with Gasteiger partial charge in [-0.05, 0) is 12.1 Å². The molecule has 2 aromatic heterocycles. The molecule has 0 aliphatic rings. The van der Waals surface area contributed by atoms with Gasteiger partial charge in [0.05, 0.1) is 0 Å². The Balaban J connectivity index is 0.000000165. The second kappa shape index (κ2) is 6.13. The van der Waals surface area contributed by atoms with Gasteiger partial charge in [0.1, 0.15) is 0 Å². The van der Waals surface area contributed by atoms with Crippen molar-refractivity contribution >= 4 is 6.41 Å². The van der Waals surface area contributed by atoms with Gasteiger partial charge in [0.25, 0.3) is 5.56 Å². The predicted molar refractivity (Wildman–Crippen MR) is 59.9 cm³/mol. The summed E-state index contributed by atoms with van der Waals surface area (Å²) < 4.78 is 0.972. The zero-order chi connectivity index (χ0) is 11.8. The highest BCUT2D eigenvalue weighted by Gasteiger charge is 1.85. The van der Waals surface area contributed by atoms with Crippen LogP contribution in [0.1, 0.15) is 0 Å². The summed E-state index contributed by atoms with van der Waals surface area (Å²) in [6.07, 6.45) is 3.49. The zero-order valence-electron chi connectivity index (χ0n) is 8.37. The van der Waals surface area contributed by atoms with E-state index < -0.39 is 0 Å². The fourth-order valence-electron chi connectivity index (χ4n) is 0.904. The fourth-order valence-corrected chi connectivity index (χ4v) is 0.904. The average Bonchev–Trinajstić information content (AvgIpc) is 2.31. The zero-order valence-corrected chi connectivity index (χ0v) is 8.37. The van der Waals surface area contributed by atoms with E-state index in [1.807, 2.05) is 0 Å². The third kappa shape index (κ3) is 3.75. The number of carbonyl (C=O) groups is 1. The highest BCUT2D eigenvalue weighted by molar-refractivity contribution is 5.51. The summed E-state index contributed by atoms with van der Waals surface area (Å²) in [6, 6.07) is 9.47. The van der Waals surface area contributed by atoms with Gasteiger partial charge in [0, 0.05) is 24.5 Å². The smallest absolute Gasteiger partial charge is 0.257 e. The van der Waals surface area contributed by atoms with Crippen LogP contribution in [-0.4, -0.2) is 16.0 Å². The molecule has 2 rings (SSSR count). The minimum Gasteiger partial charge on any atom is -0.329 e. The average molecular weight is 218 g/mol. The first kappa shape index (κ1) is 11.6. The molecule has 0 saturated carbocycles. The number of aromatic amines is 1. The summed E-state index contributed by atoms with van der Waals surface area (Å²) in [7, 11) is 0. The normalized spacial score (nSPS) is 8.75. The molecule has 5 heteroatoms. The van der Waals surface area contributed by atoms with Crippen LogP contribution in [-0.2, 0) is 4.79 Å². The van der Waals surface area contributed by atoms with Crippen molar-refractivity contribution in [2.75, 3.05) is 0 Å². The van der Waals surface area contributed by atoms with Crippen LogP contribution >= 0.6 is 0 Å². The molecule has 2 aromatic rings. The lowest BCUT2D eigenvalue weighted by Crippen LogP contribution is -2.16. The molecule has 0 aliphatic carbocycles. The summed E-state index contributed by atoms with van der Waals surface area (Å²) in [5, 5.41) is 0. The number of aromatic nitrogens is 2. The van der Waals surface area contributed by atoms with Crippen molar-refractivity contribution in [1.29, 1.82) is 0 Å². The maximum atomic E-state index is 10.6. The largest absolute Gasteiger partial charge is 0.329 e. The second-order valence-electron chi connectivity index (χ2n) is 2.78. The first-order valence-electron chi connectivity index (χ1n) is 4.50. The predicted octanol–water partition coefficient (Wildman–Crippen LogP) is 0.261. The van der Waals surface area contributed by atoms with E-state index in [1.54, 1.807) is 30.5 Å². The van der Waals surface area contributed by atoms with Crippen molar-refractivity contribution in [1.82, 2.24) is 9.55 Å². The molecule has 1 N–H and O–H groups in total. The van der Waals surface area contributed by atoms with Crippen LogP contribution in [0.2, 0.25) is 0 Å². The van der Waals surface area contributed by atoms with E-state index in [-0.39, 0.29) is 11.1 Å². The summed E-state index contributed by atoms with van der Waals surface area (Å²) in [4.78, 5) is 33.3. The van der Waals surface area contributed by atoms with Gasteiger partial charge in [0.15, 0.2) is 0 Å². The van der Waals surface area contributed by atoms with E-state index in [2.05, 4.69) is 4.98 Å². The Hall–Kier alpha value is -2.43. The number of carbonyl (C=O) groups excluding carboxylic acids is 1. The minimum atomic E-state index is -0.299. The van der Waals surface area contributed by atoms with Gasteiger partial charge in [-0.3, -0.25) is 19.0 Å². The molecule has 0 amide bonds. The quantitative estimate of drug-likeness (QED) is 0.698. The van der Waals surface area contributed by atoms with Crippen molar-refractivity contribution in [2.45, 2.75) is 0 Å². The van der Waals surface area contributed by atoms with Crippen LogP contribution < -0.4 is 11.1 Å². The molecule has 0 aliphatic heterocycles. The van der Waals surface area contributed by atoms with Crippen molar-refractivity contribution < 1.29 is 4.79 Å². The number of hydrogen-bond acceptors (Lipinski definition) is 3. The first-order valence-corrected chi connectivity index (χ1v) is 4.50. The van der Waals surface area contributed by atoms with Crippen LogP contribution in [0.5, 0.6) is 0 Å². The molecule has 0 aromatic carbocycles. The number of pyridine rings is 2. The molecule has 0 saturated heterocycles. The molecule has 0 fully saturated rings. The fraction of sp³-hybridized carbons (Fsp3) is 0. The van der Waals surface area contributed by atoms with Crippen molar-refractivity contribution in [2.24, 2.45) is 0 Å². The van der Waals surface area contributed by atoms with Gasteiger partial charge in [-0.15, -0.1) is 0 Å². The summed E-state index contributed by atoms with van der Waals surface area (Å²) in [5.41, 5.74) is -0.352. The van der Waals surface area contributed by atoms with Crippen molar-refractivity contribution in [3.05, 3.63) is 69.5 Å². The monoisotopic (exact) mass is 218 g/mol. The third-order valence-electron chi connectivity index (χ3n) is 1.65. The summed E-state index contributed by atoms with van der Waals surface area (Å²) in [6.45, 7) is 0. The highest BCUT2D eigenvalue weighted by Crippen LogP contribution is 1.73. The number of nitrogens with one attached hydrogen (secondary N) is 1.